The Morgan fingerprint density at radius 1 is 1.45 bits per heavy atom. The highest BCUT2D eigenvalue weighted by Gasteiger charge is 2.30. The summed E-state index contributed by atoms with van der Waals surface area (Å²) in [7, 11) is 1.55. The maximum Gasteiger partial charge on any atom is 0.358 e. The molecular formula is C15H14FN3O3. The molecule has 1 aliphatic rings. The SMILES string of the molecule is CCOC(=O)c1ncn2c1CN(C)C(=O)c1c(F)cccc1-2. The summed E-state index contributed by atoms with van der Waals surface area (Å²) in [4.78, 5) is 29.8. The lowest BCUT2D eigenvalue weighted by atomic mass is 10.1. The van der Waals surface area contributed by atoms with Gasteiger partial charge in [0, 0.05) is 7.05 Å². The van der Waals surface area contributed by atoms with Crippen LogP contribution in [-0.2, 0) is 11.3 Å². The number of amides is 1. The molecule has 0 unspecified atom stereocenters. The van der Waals surface area contributed by atoms with E-state index in [1.807, 2.05) is 0 Å². The standard InChI is InChI=1S/C15H14FN3O3/c1-3-22-15(21)13-11-7-18(2)14(20)12-9(16)5-4-6-10(12)19(11)8-17-13/h4-6,8H,3,7H2,1-2H3. The van der Waals surface area contributed by atoms with Gasteiger partial charge in [-0.25, -0.2) is 14.2 Å². The summed E-state index contributed by atoms with van der Waals surface area (Å²) in [6.45, 7) is 2.07. The minimum atomic E-state index is -0.603. The van der Waals surface area contributed by atoms with Crippen LogP contribution in [0.4, 0.5) is 4.39 Å². The summed E-state index contributed by atoms with van der Waals surface area (Å²) in [6, 6.07) is 4.37. The molecule has 1 aromatic heterocycles. The number of aromatic nitrogens is 2. The van der Waals surface area contributed by atoms with Crippen molar-refractivity contribution in [2.24, 2.45) is 0 Å². The van der Waals surface area contributed by atoms with E-state index in [9.17, 15) is 14.0 Å². The number of nitrogens with zero attached hydrogens (tertiary/aromatic N) is 3. The van der Waals surface area contributed by atoms with E-state index in [0.29, 0.717) is 11.4 Å². The zero-order valence-corrected chi connectivity index (χ0v) is 12.2. The highest BCUT2D eigenvalue weighted by Crippen LogP contribution is 2.27. The van der Waals surface area contributed by atoms with Crippen LogP contribution in [-0.4, -0.2) is 40.0 Å². The summed E-state index contributed by atoms with van der Waals surface area (Å²) < 4.78 is 20.6. The first-order valence-corrected chi connectivity index (χ1v) is 6.82. The number of fused-ring (bicyclic) bond motifs is 3. The first-order valence-electron chi connectivity index (χ1n) is 6.82. The van der Waals surface area contributed by atoms with E-state index < -0.39 is 17.7 Å². The Labute approximate surface area is 126 Å². The van der Waals surface area contributed by atoms with E-state index in [-0.39, 0.29) is 24.4 Å². The van der Waals surface area contributed by atoms with Gasteiger partial charge in [0.1, 0.15) is 12.1 Å². The van der Waals surface area contributed by atoms with Crippen molar-refractivity contribution in [1.82, 2.24) is 14.5 Å². The Bertz CT molecular complexity index is 769. The van der Waals surface area contributed by atoms with E-state index in [1.54, 1.807) is 24.6 Å². The fourth-order valence-electron chi connectivity index (χ4n) is 2.51. The van der Waals surface area contributed by atoms with Gasteiger partial charge in [0.05, 0.1) is 30.1 Å². The van der Waals surface area contributed by atoms with Crippen molar-refractivity contribution in [1.29, 1.82) is 0 Å². The number of halogens is 1. The van der Waals surface area contributed by atoms with Gasteiger partial charge in [-0.1, -0.05) is 6.07 Å². The number of hydrogen-bond donors (Lipinski definition) is 0. The highest BCUT2D eigenvalue weighted by molar-refractivity contribution is 5.99. The average Bonchev–Trinajstić information content (AvgIpc) is 2.85. The molecule has 6 nitrogen and oxygen atoms in total. The summed E-state index contributed by atoms with van der Waals surface area (Å²) in [5.74, 6) is -1.60. The molecule has 0 radical (unpaired) electrons. The van der Waals surface area contributed by atoms with Crippen molar-refractivity contribution >= 4 is 11.9 Å². The second kappa shape index (κ2) is 5.25. The molecule has 2 aromatic rings. The van der Waals surface area contributed by atoms with Crippen LogP contribution in [0.3, 0.4) is 0 Å². The largest absolute Gasteiger partial charge is 0.461 e. The molecule has 7 heteroatoms. The monoisotopic (exact) mass is 303 g/mol. The number of esters is 1. The first-order chi connectivity index (χ1) is 10.5. The van der Waals surface area contributed by atoms with E-state index >= 15 is 0 Å². The molecule has 22 heavy (non-hydrogen) atoms. The molecule has 0 saturated carbocycles. The maximum absolute atomic E-state index is 14.1. The van der Waals surface area contributed by atoms with Gasteiger partial charge in [-0.05, 0) is 19.1 Å². The first kappa shape index (κ1) is 14.2. The Balaban J connectivity index is 2.22. The molecule has 0 N–H and O–H groups in total. The van der Waals surface area contributed by atoms with E-state index in [4.69, 9.17) is 4.74 Å². The molecule has 3 rings (SSSR count). The van der Waals surface area contributed by atoms with Crippen LogP contribution in [0, 0.1) is 5.82 Å². The molecule has 114 valence electrons. The van der Waals surface area contributed by atoms with Gasteiger partial charge in [0.15, 0.2) is 5.69 Å². The second-order valence-electron chi connectivity index (χ2n) is 4.93. The van der Waals surface area contributed by atoms with Crippen molar-refractivity contribution < 1.29 is 18.7 Å². The minimum Gasteiger partial charge on any atom is -0.461 e. The van der Waals surface area contributed by atoms with Crippen molar-refractivity contribution in [2.75, 3.05) is 13.7 Å². The predicted molar refractivity (Wildman–Crippen MR) is 75.3 cm³/mol. The number of hydrogen-bond acceptors (Lipinski definition) is 4. The minimum absolute atomic E-state index is 0.0310. The van der Waals surface area contributed by atoms with Gasteiger partial charge < -0.3 is 9.64 Å². The van der Waals surface area contributed by atoms with Crippen molar-refractivity contribution in [3.63, 3.8) is 0 Å². The molecule has 1 aliphatic heterocycles. The predicted octanol–water partition coefficient (Wildman–Crippen LogP) is 1.77. The smallest absolute Gasteiger partial charge is 0.358 e. The Hall–Kier alpha value is -2.70. The van der Waals surface area contributed by atoms with E-state index in [0.717, 1.165) is 0 Å². The zero-order chi connectivity index (χ0) is 15.9. The molecule has 0 bridgehead atoms. The second-order valence-corrected chi connectivity index (χ2v) is 4.93. The van der Waals surface area contributed by atoms with Crippen LogP contribution in [0.25, 0.3) is 5.69 Å². The molecule has 0 aliphatic carbocycles. The molecule has 0 fully saturated rings. The molecule has 0 saturated heterocycles. The van der Waals surface area contributed by atoms with E-state index in [1.165, 1.54) is 23.4 Å². The fourth-order valence-corrected chi connectivity index (χ4v) is 2.51. The molecule has 0 spiro atoms. The number of carbonyl (C=O) groups is 2. The third-order valence-electron chi connectivity index (χ3n) is 3.53. The third-order valence-corrected chi connectivity index (χ3v) is 3.53. The quantitative estimate of drug-likeness (QED) is 0.793. The van der Waals surface area contributed by atoms with Crippen LogP contribution in [0.1, 0.15) is 33.5 Å². The van der Waals surface area contributed by atoms with Crippen molar-refractivity contribution in [3.8, 4) is 5.69 Å². The lowest BCUT2D eigenvalue weighted by Gasteiger charge is -2.14. The van der Waals surface area contributed by atoms with Crippen LogP contribution in [0.2, 0.25) is 0 Å². The van der Waals surface area contributed by atoms with Gasteiger partial charge >= 0.3 is 5.97 Å². The van der Waals surface area contributed by atoms with Gasteiger partial charge in [-0.2, -0.15) is 0 Å². The maximum atomic E-state index is 14.1. The number of rotatable bonds is 2. The summed E-state index contributed by atoms with van der Waals surface area (Å²) in [5.41, 5.74) is 0.973. The van der Waals surface area contributed by atoms with Gasteiger partial charge in [0.25, 0.3) is 5.91 Å². The molecule has 0 atom stereocenters. The zero-order valence-electron chi connectivity index (χ0n) is 12.2. The molecule has 1 amide bonds. The van der Waals surface area contributed by atoms with Crippen LogP contribution < -0.4 is 0 Å². The normalized spacial score (nSPS) is 13.4. The van der Waals surface area contributed by atoms with Crippen molar-refractivity contribution in [3.05, 3.63) is 47.3 Å². The number of ether oxygens (including phenoxy) is 1. The Morgan fingerprint density at radius 3 is 2.95 bits per heavy atom. The number of carbonyl (C=O) groups excluding carboxylic acids is 2. The van der Waals surface area contributed by atoms with Crippen LogP contribution in [0.15, 0.2) is 24.5 Å². The average molecular weight is 303 g/mol. The lowest BCUT2D eigenvalue weighted by molar-refractivity contribution is 0.0515. The van der Waals surface area contributed by atoms with Crippen LogP contribution >= 0.6 is 0 Å². The molecule has 2 heterocycles. The molecular weight excluding hydrogens is 289 g/mol. The third kappa shape index (κ3) is 2.05. The molecule has 1 aromatic carbocycles. The van der Waals surface area contributed by atoms with Gasteiger partial charge in [-0.3, -0.25) is 9.36 Å². The van der Waals surface area contributed by atoms with E-state index in [2.05, 4.69) is 4.98 Å². The summed E-state index contributed by atoms with van der Waals surface area (Å²) in [5, 5.41) is 0. The Kier molecular flexibility index (Phi) is 3.40. The van der Waals surface area contributed by atoms with Gasteiger partial charge in [-0.15, -0.1) is 0 Å². The summed E-state index contributed by atoms with van der Waals surface area (Å²) in [6.07, 6.45) is 1.41. The number of benzene rings is 1. The van der Waals surface area contributed by atoms with Crippen molar-refractivity contribution in [2.45, 2.75) is 13.5 Å². The fraction of sp³-hybridized carbons (Fsp3) is 0.267. The van der Waals surface area contributed by atoms with Gasteiger partial charge in [0.2, 0.25) is 0 Å². The van der Waals surface area contributed by atoms with Crippen LogP contribution in [0.5, 0.6) is 0 Å². The number of imidazole rings is 1. The topological polar surface area (TPSA) is 64.4 Å². The Morgan fingerprint density at radius 2 is 2.23 bits per heavy atom. The lowest BCUT2D eigenvalue weighted by Crippen LogP contribution is -2.26. The summed E-state index contributed by atoms with van der Waals surface area (Å²) >= 11 is 0. The highest BCUT2D eigenvalue weighted by atomic mass is 19.1.